The molecule has 4 rings (SSSR count). The quantitative estimate of drug-likeness (QED) is 0.451. The summed E-state index contributed by atoms with van der Waals surface area (Å²) in [6.07, 6.45) is 7.32. The molecule has 0 N–H and O–H groups in total. The first-order valence-electron chi connectivity index (χ1n) is 11.7. The minimum Gasteiger partial charge on any atom is -0.493 e. The minimum absolute atomic E-state index is 0.0465. The number of fused-ring (bicyclic) bond motifs is 1. The van der Waals surface area contributed by atoms with Crippen molar-refractivity contribution in [3.8, 4) is 11.5 Å². The van der Waals surface area contributed by atoms with Gasteiger partial charge in [-0.05, 0) is 54.2 Å². The third-order valence-electron chi connectivity index (χ3n) is 5.92. The lowest BCUT2D eigenvalue weighted by Crippen LogP contribution is -2.25. The van der Waals surface area contributed by atoms with Crippen molar-refractivity contribution in [1.82, 2.24) is 9.66 Å². The summed E-state index contributed by atoms with van der Waals surface area (Å²) in [5.74, 6) is 2.33. The lowest BCUT2D eigenvalue weighted by atomic mass is 9.88. The molecular formula is C27H33N3O3. The largest absolute Gasteiger partial charge is 0.493 e. The van der Waals surface area contributed by atoms with E-state index in [1.165, 1.54) is 11.1 Å². The van der Waals surface area contributed by atoms with Crippen molar-refractivity contribution in [2.75, 3.05) is 13.7 Å². The van der Waals surface area contributed by atoms with Gasteiger partial charge >= 0.3 is 0 Å². The van der Waals surface area contributed by atoms with Gasteiger partial charge in [0.2, 0.25) is 0 Å². The van der Waals surface area contributed by atoms with Gasteiger partial charge < -0.3 is 9.47 Å². The van der Waals surface area contributed by atoms with Gasteiger partial charge in [-0.3, -0.25) is 4.79 Å². The molecule has 1 aliphatic carbocycles. The summed E-state index contributed by atoms with van der Waals surface area (Å²) < 4.78 is 13.0. The number of benzene rings is 2. The first-order chi connectivity index (χ1) is 15.9. The van der Waals surface area contributed by atoms with Gasteiger partial charge in [0.05, 0.1) is 30.8 Å². The molecule has 1 fully saturated rings. The van der Waals surface area contributed by atoms with Gasteiger partial charge in [-0.25, -0.2) is 4.98 Å². The van der Waals surface area contributed by atoms with Crippen LogP contribution in [0.2, 0.25) is 0 Å². The fourth-order valence-electron chi connectivity index (χ4n) is 4.18. The van der Waals surface area contributed by atoms with Crippen LogP contribution in [-0.2, 0) is 0 Å². The Bertz CT molecular complexity index is 1200. The lowest BCUT2D eigenvalue weighted by molar-refractivity contribution is 0.191. The van der Waals surface area contributed by atoms with E-state index >= 15 is 0 Å². The number of ether oxygens (including phenoxy) is 2. The Morgan fingerprint density at radius 2 is 1.85 bits per heavy atom. The summed E-state index contributed by atoms with van der Waals surface area (Å²) in [6.45, 7) is 6.96. The molecule has 174 valence electrons. The van der Waals surface area contributed by atoms with Crippen LogP contribution in [0.4, 0.5) is 0 Å². The Hall–Kier alpha value is -3.15. The molecule has 1 heterocycles. The maximum absolute atomic E-state index is 13.3. The standard InChI is InChI=1S/C27H33N3O3/c1-27(2,3)18-33-23-15-14-19(16-24(23)32-4)17-28-30-25(20-10-6-5-7-11-20)29-22-13-9-8-12-21(22)26(30)31/h8-9,12-17,20H,5-7,10-11,18H2,1-4H3. The summed E-state index contributed by atoms with van der Waals surface area (Å²) in [5.41, 5.74) is 1.47. The van der Waals surface area contributed by atoms with Crippen LogP contribution in [0.1, 0.15) is 70.2 Å². The molecule has 1 aliphatic rings. The van der Waals surface area contributed by atoms with E-state index in [9.17, 15) is 4.79 Å². The van der Waals surface area contributed by atoms with Crippen LogP contribution in [0.15, 0.2) is 52.4 Å². The number of para-hydroxylation sites is 1. The Morgan fingerprint density at radius 1 is 1.09 bits per heavy atom. The molecule has 0 spiro atoms. The van der Waals surface area contributed by atoms with Gasteiger partial charge in [-0.1, -0.05) is 52.2 Å². The Balaban J connectivity index is 1.70. The highest BCUT2D eigenvalue weighted by molar-refractivity contribution is 5.81. The smallest absolute Gasteiger partial charge is 0.282 e. The van der Waals surface area contributed by atoms with Crippen molar-refractivity contribution in [1.29, 1.82) is 0 Å². The van der Waals surface area contributed by atoms with Crippen LogP contribution in [0.3, 0.4) is 0 Å². The molecule has 33 heavy (non-hydrogen) atoms. The summed E-state index contributed by atoms with van der Waals surface area (Å²) in [7, 11) is 1.62. The van der Waals surface area contributed by atoms with Crippen LogP contribution in [-0.4, -0.2) is 29.6 Å². The number of nitrogens with zero attached hydrogens (tertiary/aromatic N) is 3. The van der Waals surface area contributed by atoms with Gasteiger partial charge in [0, 0.05) is 5.92 Å². The van der Waals surface area contributed by atoms with Crippen molar-refractivity contribution in [2.45, 2.75) is 58.8 Å². The van der Waals surface area contributed by atoms with Gasteiger partial charge in [0.25, 0.3) is 5.56 Å². The third kappa shape index (κ3) is 5.44. The van der Waals surface area contributed by atoms with Crippen LogP contribution < -0.4 is 15.0 Å². The Morgan fingerprint density at radius 3 is 2.58 bits per heavy atom. The van der Waals surface area contributed by atoms with E-state index in [2.05, 4.69) is 25.9 Å². The topological polar surface area (TPSA) is 65.7 Å². The van der Waals surface area contributed by atoms with E-state index in [-0.39, 0.29) is 16.9 Å². The molecule has 6 nitrogen and oxygen atoms in total. The number of hydrogen-bond donors (Lipinski definition) is 0. The summed E-state index contributed by atoms with van der Waals surface area (Å²) in [5, 5.41) is 5.19. The van der Waals surface area contributed by atoms with E-state index in [0.29, 0.717) is 23.5 Å². The molecule has 6 heteroatoms. The molecule has 0 radical (unpaired) electrons. The van der Waals surface area contributed by atoms with Crippen molar-refractivity contribution in [3.63, 3.8) is 0 Å². The fraction of sp³-hybridized carbons (Fsp3) is 0.444. The average Bonchev–Trinajstić information content (AvgIpc) is 2.82. The minimum atomic E-state index is -0.130. The van der Waals surface area contributed by atoms with E-state index in [4.69, 9.17) is 14.5 Å². The normalized spacial score (nSPS) is 15.3. The van der Waals surface area contributed by atoms with Crippen LogP contribution >= 0.6 is 0 Å². The van der Waals surface area contributed by atoms with Gasteiger partial charge in [-0.15, -0.1) is 0 Å². The second-order valence-corrected chi connectivity index (χ2v) is 9.94. The molecule has 0 amide bonds. The second kappa shape index (κ2) is 9.77. The van der Waals surface area contributed by atoms with Crippen molar-refractivity contribution < 1.29 is 9.47 Å². The zero-order valence-electron chi connectivity index (χ0n) is 20.0. The van der Waals surface area contributed by atoms with Gasteiger partial charge in [-0.2, -0.15) is 9.78 Å². The number of methoxy groups -OCH3 is 1. The number of hydrogen-bond acceptors (Lipinski definition) is 5. The van der Waals surface area contributed by atoms with Crippen LogP contribution in [0, 0.1) is 5.41 Å². The monoisotopic (exact) mass is 447 g/mol. The third-order valence-corrected chi connectivity index (χ3v) is 5.92. The SMILES string of the molecule is COc1cc(C=Nn2c(C3CCCCC3)nc3ccccc3c2=O)ccc1OCC(C)(C)C. The average molecular weight is 448 g/mol. The predicted octanol–water partition coefficient (Wildman–Crippen LogP) is 5.76. The van der Waals surface area contributed by atoms with Gasteiger partial charge in [0.1, 0.15) is 5.82 Å². The molecule has 1 aromatic heterocycles. The maximum atomic E-state index is 13.3. The highest BCUT2D eigenvalue weighted by Gasteiger charge is 2.22. The van der Waals surface area contributed by atoms with Crippen molar-refractivity contribution in [3.05, 3.63) is 64.2 Å². The van der Waals surface area contributed by atoms with E-state index in [0.717, 1.165) is 42.6 Å². The predicted molar refractivity (Wildman–Crippen MR) is 133 cm³/mol. The Kier molecular flexibility index (Phi) is 6.82. The molecule has 0 bridgehead atoms. The molecule has 0 atom stereocenters. The van der Waals surface area contributed by atoms with Gasteiger partial charge in [0.15, 0.2) is 11.5 Å². The number of aromatic nitrogens is 2. The Labute approximate surface area is 195 Å². The van der Waals surface area contributed by atoms with Crippen molar-refractivity contribution >= 4 is 17.1 Å². The van der Waals surface area contributed by atoms with E-state index in [1.807, 2.05) is 42.5 Å². The van der Waals surface area contributed by atoms with Crippen LogP contribution in [0.25, 0.3) is 10.9 Å². The molecule has 0 saturated heterocycles. The second-order valence-electron chi connectivity index (χ2n) is 9.94. The highest BCUT2D eigenvalue weighted by Crippen LogP contribution is 2.32. The highest BCUT2D eigenvalue weighted by atomic mass is 16.5. The maximum Gasteiger partial charge on any atom is 0.282 e. The summed E-state index contributed by atoms with van der Waals surface area (Å²) in [4.78, 5) is 18.2. The molecular weight excluding hydrogens is 414 g/mol. The van der Waals surface area contributed by atoms with E-state index < -0.39 is 0 Å². The molecule has 2 aromatic carbocycles. The van der Waals surface area contributed by atoms with Crippen LogP contribution in [0.5, 0.6) is 11.5 Å². The summed E-state index contributed by atoms with van der Waals surface area (Å²) >= 11 is 0. The summed E-state index contributed by atoms with van der Waals surface area (Å²) in [6, 6.07) is 13.2. The van der Waals surface area contributed by atoms with Crippen molar-refractivity contribution in [2.24, 2.45) is 10.5 Å². The zero-order valence-corrected chi connectivity index (χ0v) is 20.0. The first-order valence-corrected chi connectivity index (χ1v) is 11.7. The zero-order chi connectivity index (χ0) is 23.4. The number of rotatable bonds is 6. The molecule has 3 aromatic rings. The molecule has 0 unspecified atom stereocenters. The fourth-order valence-corrected chi connectivity index (χ4v) is 4.18. The molecule has 1 saturated carbocycles. The first kappa shape index (κ1) is 23.0. The lowest BCUT2D eigenvalue weighted by Gasteiger charge is -2.22. The van der Waals surface area contributed by atoms with E-state index in [1.54, 1.807) is 13.3 Å². The molecule has 0 aliphatic heterocycles.